The van der Waals surface area contributed by atoms with Gasteiger partial charge in [-0.15, -0.1) is 4.40 Å². The van der Waals surface area contributed by atoms with Gasteiger partial charge in [0.25, 0.3) is 0 Å². The Hall–Kier alpha value is -2.59. The van der Waals surface area contributed by atoms with E-state index in [2.05, 4.69) is 25.8 Å². The lowest BCUT2D eigenvalue weighted by molar-refractivity contribution is -0.213. The van der Waals surface area contributed by atoms with Gasteiger partial charge in [-0.2, -0.15) is 13.5 Å². The summed E-state index contributed by atoms with van der Waals surface area (Å²) in [6.07, 6.45) is 11.0. The third kappa shape index (κ3) is 4.33. The molecule has 2 aliphatic carbocycles. The minimum absolute atomic E-state index is 0.0684. The fourth-order valence-electron chi connectivity index (χ4n) is 5.52. The number of likely N-dealkylation sites (N-methyl/N-ethyl adjacent to an activating group) is 1. The second-order valence-electron chi connectivity index (χ2n) is 9.41. The first kappa shape index (κ1) is 22.2. The molecule has 0 saturated carbocycles. The van der Waals surface area contributed by atoms with Crippen molar-refractivity contribution in [3.05, 3.63) is 40.7 Å². The Morgan fingerprint density at radius 3 is 2.45 bits per heavy atom. The van der Waals surface area contributed by atoms with Crippen LogP contribution in [0.1, 0.15) is 47.9 Å². The van der Waals surface area contributed by atoms with E-state index < -0.39 is 16.2 Å². The van der Waals surface area contributed by atoms with Gasteiger partial charge >= 0.3 is 10.2 Å². The molecule has 2 heterocycles. The third-order valence-corrected chi connectivity index (χ3v) is 8.52. The van der Waals surface area contributed by atoms with Crippen LogP contribution in [-0.2, 0) is 42.9 Å². The molecule has 0 radical (unpaired) electrons. The zero-order valence-electron chi connectivity index (χ0n) is 19.2. The Morgan fingerprint density at radius 2 is 1.88 bits per heavy atom. The largest absolute Gasteiger partial charge is 0.845 e. The van der Waals surface area contributed by atoms with E-state index >= 15 is 0 Å². The van der Waals surface area contributed by atoms with Crippen molar-refractivity contribution in [1.82, 2.24) is 14.7 Å². The smallest absolute Gasteiger partial charge is 0.345 e. The Labute approximate surface area is 195 Å². The maximum atomic E-state index is 13.3. The minimum Gasteiger partial charge on any atom is -0.845 e. The van der Waals surface area contributed by atoms with Gasteiger partial charge in [0.05, 0.1) is 24.5 Å². The van der Waals surface area contributed by atoms with E-state index in [-0.39, 0.29) is 12.6 Å². The lowest BCUT2D eigenvalue weighted by atomic mass is 9.99. The van der Waals surface area contributed by atoms with Gasteiger partial charge in [0.2, 0.25) is 0 Å². The number of amidine groups is 1. The molecule has 5 rings (SSSR count). The van der Waals surface area contributed by atoms with Gasteiger partial charge in [0.15, 0.2) is 0 Å². The van der Waals surface area contributed by atoms with Crippen LogP contribution in [0.5, 0.6) is 0 Å². The normalized spacial score (nSPS) is 20.8. The maximum Gasteiger partial charge on any atom is 0.345 e. The van der Waals surface area contributed by atoms with Crippen LogP contribution in [0, 0.1) is 0 Å². The topological polar surface area (TPSA) is 106 Å². The van der Waals surface area contributed by atoms with Crippen molar-refractivity contribution < 1.29 is 13.5 Å². The molecule has 1 saturated heterocycles. The van der Waals surface area contributed by atoms with Crippen molar-refractivity contribution in [2.45, 2.75) is 57.4 Å². The number of aryl methyl sites for hydroxylation is 3. The van der Waals surface area contributed by atoms with E-state index in [1.807, 2.05) is 7.05 Å². The van der Waals surface area contributed by atoms with Gasteiger partial charge in [-0.3, -0.25) is 4.68 Å². The van der Waals surface area contributed by atoms with E-state index in [9.17, 15) is 13.5 Å². The number of anilines is 2. The first-order chi connectivity index (χ1) is 15.8. The second kappa shape index (κ2) is 8.64. The summed E-state index contributed by atoms with van der Waals surface area (Å²) in [5, 5.41) is 20.0. The summed E-state index contributed by atoms with van der Waals surface area (Å²) in [4.78, 5) is 2.15. The summed E-state index contributed by atoms with van der Waals surface area (Å²) in [7, 11) is -0.529. The summed E-state index contributed by atoms with van der Waals surface area (Å²) in [5.41, 5.74) is 6.05. The number of aromatic nitrogens is 2. The highest BCUT2D eigenvalue weighted by atomic mass is 32.2. The molecule has 1 N–H and O–H groups in total. The van der Waals surface area contributed by atoms with E-state index in [1.165, 1.54) is 21.6 Å². The molecule has 0 unspecified atom stereocenters. The van der Waals surface area contributed by atoms with Gasteiger partial charge in [0, 0.05) is 25.0 Å². The number of nitrogens with zero attached hydrogens (tertiary/aromatic N) is 5. The van der Waals surface area contributed by atoms with Crippen LogP contribution in [0.15, 0.2) is 22.9 Å². The number of hydrogen-bond acceptors (Lipinski definition) is 5. The molecule has 1 atom stereocenters. The van der Waals surface area contributed by atoms with Crippen LogP contribution in [0.4, 0.5) is 11.4 Å². The molecule has 10 heteroatoms. The highest BCUT2D eigenvalue weighted by Gasteiger charge is 2.31. The standard InChI is InChI=1S/C23H32N6O3S/c1-27-11-5-8-18(27)15-29(19-13-24-28(2)14-19)33(31,32)26-23(30)25-22-20-9-3-6-16(20)12-17-7-4-10-21(17)22/h12-14,18H,3-11,15H2,1-2H3,(H2,25,26,30)/p-1/t18-/m1/s1. The van der Waals surface area contributed by atoms with Gasteiger partial charge < -0.3 is 15.3 Å². The van der Waals surface area contributed by atoms with Gasteiger partial charge in [-0.1, -0.05) is 6.07 Å². The zero-order chi connectivity index (χ0) is 23.2. The van der Waals surface area contributed by atoms with Crippen molar-refractivity contribution in [2.75, 3.05) is 29.8 Å². The predicted octanol–water partition coefficient (Wildman–Crippen LogP) is 1.37. The lowest BCUT2D eigenvalue weighted by Gasteiger charge is -2.28. The average Bonchev–Trinajstić information content (AvgIpc) is 3.53. The van der Waals surface area contributed by atoms with E-state index in [0.29, 0.717) is 5.69 Å². The second-order valence-corrected chi connectivity index (χ2v) is 10.9. The fraction of sp³-hybridized carbons (Fsp3) is 0.565. The fourth-order valence-corrected chi connectivity index (χ4v) is 6.60. The van der Waals surface area contributed by atoms with Gasteiger partial charge in [-0.25, -0.2) is 4.31 Å². The number of fused-ring (bicyclic) bond motifs is 2. The summed E-state index contributed by atoms with van der Waals surface area (Å²) in [5.74, 6) is 0. The summed E-state index contributed by atoms with van der Waals surface area (Å²) < 4.78 is 33.2. The molecule has 9 nitrogen and oxygen atoms in total. The highest BCUT2D eigenvalue weighted by molar-refractivity contribution is 7.91. The van der Waals surface area contributed by atoms with Gasteiger partial charge in [0.1, 0.15) is 0 Å². The van der Waals surface area contributed by atoms with Crippen molar-refractivity contribution >= 4 is 27.6 Å². The number of rotatable bonds is 6. The SMILES string of the molecule is CN1CCC[C@@H]1CN(c1cnn(C)c1)S(=O)(=O)/N=C(\[O-])Nc1c2c(cc3c1CCC3)CCC2. The number of nitrogens with one attached hydrogen (secondary N) is 1. The molecular formula is C23H31N6O3S-. The highest BCUT2D eigenvalue weighted by Crippen LogP contribution is 2.38. The van der Waals surface area contributed by atoms with Crippen LogP contribution in [-0.4, -0.2) is 55.3 Å². The van der Waals surface area contributed by atoms with E-state index in [1.54, 1.807) is 17.9 Å². The monoisotopic (exact) mass is 471 g/mol. The van der Waals surface area contributed by atoms with Crippen LogP contribution >= 0.6 is 0 Å². The van der Waals surface area contributed by atoms with Crippen molar-refractivity contribution in [3.8, 4) is 0 Å². The van der Waals surface area contributed by atoms with Crippen LogP contribution < -0.4 is 14.7 Å². The predicted molar refractivity (Wildman–Crippen MR) is 127 cm³/mol. The quantitative estimate of drug-likeness (QED) is 0.504. The molecule has 0 amide bonds. The number of likely N-dealkylation sites (tertiary alicyclic amines) is 1. The molecule has 0 spiro atoms. The molecule has 1 aromatic heterocycles. The molecular weight excluding hydrogens is 440 g/mol. The average molecular weight is 472 g/mol. The van der Waals surface area contributed by atoms with Crippen LogP contribution in [0.3, 0.4) is 0 Å². The molecule has 33 heavy (non-hydrogen) atoms. The molecule has 3 aliphatic rings. The van der Waals surface area contributed by atoms with Gasteiger partial charge in [-0.05, 0) is 87.2 Å². The molecule has 0 bridgehead atoms. The van der Waals surface area contributed by atoms with Crippen LogP contribution in [0.25, 0.3) is 0 Å². The summed E-state index contributed by atoms with van der Waals surface area (Å²) >= 11 is 0. The van der Waals surface area contributed by atoms with E-state index in [0.717, 1.165) is 74.7 Å². The molecule has 1 aromatic carbocycles. The Bertz CT molecular complexity index is 1160. The Balaban J connectivity index is 1.45. The maximum absolute atomic E-state index is 13.3. The lowest BCUT2D eigenvalue weighted by Crippen LogP contribution is -2.42. The number of hydrogen-bond donors (Lipinski definition) is 1. The third-order valence-electron chi connectivity index (χ3n) is 7.21. The minimum atomic E-state index is -4.25. The van der Waals surface area contributed by atoms with E-state index in [4.69, 9.17) is 0 Å². The number of benzene rings is 1. The van der Waals surface area contributed by atoms with Crippen molar-refractivity contribution in [1.29, 1.82) is 0 Å². The first-order valence-corrected chi connectivity index (χ1v) is 13.1. The summed E-state index contributed by atoms with van der Waals surface area (Å²) in [6, 6.07) is 1.51. The summed E-state index contributed by atoms with van der Waals surface area (Å²) in [6.45, 7) is 1.16. The molecule has 2 aromatic rings. The van der Waals surface area contributed by atoms with Crippen molar-refractivity contribution in [2.24, 2.45) is 11.4 Å². The molecule has 1 fully saturated rings. The molecule has 178 valence electrons. The Morgan fingerprint density at radius 1 is 1.18 bits per heavy atom. The molecule has 1 aliphatic heterocycles. The Kier molecular flexibility index (Phi) is 5.82. The zero-order valence-corrected chi connectivity index (χ0v) is 20.1. The van der Waals surface area contributed by atoms with Crippen LogP contribution in [0.2, 0.25) is 0 Å². The first-order valence-electron chi connectivity index (χ1n) is 11.7. The van der Waals surface area contributed by atoms with Crippen molar-refractivity contribution in [3.63, 3.8) is 0 Å².